The van der Waals surface area contributed by atoms with Gasteiger partial charge in [0.2, 0.25) is 5.91 Å². The van der Waals surface area contributed by atoms with Crippen LogP contribution in [0.2, 0.25) is 0 Å². The van der Waals surface area contributed by atoms with Gasteiger partial charge in [-0.25, -0.2) is 0 Å². The predicted octanol–water partition coefficient (Wildman–Crippen LogP) is 1.68. The van der Waals surface area contributed by atoms with Gasteiger partial charge in [0.15, 0.2) is 5.96 Å². The number of hydrogen-bond acceptors (Lipinski definition) is 4. The van der Waals surface area contributed by atoms with Crippen molar-refractivity contribution in [3.63, 3.8) is 0 Å². The second-order valence-electron chi connectivity index (χ2n) is 9.16. The maximum atomic E-state index is 12.4. The van der Waals surface area contributed by atoms with Gasteiger partial charge in [-0.15, -0.1) is 24.0 Å². The van der Waals surface area contributed by atoms with Crippen LogP contribution < -0.4 is 5.32 Å². The molecule has 8 heteroatoms. The van der Waals surface area contributed by atoms with Gasteiger partial charge in [0.1, 0.15) is 0 Å². The molecule has 1 unspecified atom stereocenters. The van der Waals surface area contributed by atoms with Crippen LogP contribution >= 0.6 is 24.0 Å². The fourth-order valence-electron chi connectivity index (χ4n) is 5.17. The zero-order chi connectivity index (χ0) is 20.1. The molecule has 0 aromatic carbocycles. The van der Waals surface area contributed by atoms with Crippen LogP contribution in [0.5, 0.6) is 0 Å². The first-order valence-corrected chi connectivity index (χ1v) is 12.0. The molecular formula is C22H41IN6O. The number of nitrogens with one attached hydrogen (secondary N) is 1. The van der Waals surface area contributed by atoms with Gasteiger partial charge in [0.25, 0.3) is 0 Å². The smallest absolute Gasteiger partial charge is 0.225 e. The van der Waals surface area contributed by atoms with Crippen LogP contribution in [0.15, 0.2) is 4.99 Å². The number of rotatable bonds is 6. The molecule has 4 fully saturated rings. The van der Waals surface area contributed by atoms with Crippen molar-refractivity contribution >= 4 is 35.8 Å². The van der Waals surface area contributed by atoms with Crippen molar-refractivity contribution in [3.05, 3.63) is 0 Å². The van der Waals surface area contributed by atoms with E-state index in [-0.39, 0.29) is 24.0 Å². The van der Waals surface area contributed by atoms with Crippen LogP contribution in [0.3, 0.4) is 0 Å². The molecule has 0 aromatic rings. The van der Waals surface area contributed by atoms with Gasteiger partial charge in [0, 0.05) is 64.3 Å². The summed E-state index contributed by atoms with van der Waals surface area (Å²) in [6.45, 7) is 13.5. The number of carbonyl (C=O) groups excluding carboxylic acids is 1. The SMILES string of the molecule is CCNC(=NCCN1CCN(C(=O)C2CCC2)CC1)N1CCC(N2CCCC2)C1.I. The Kier molecular flexibility index (Phi) is 9.50. The summed E-state index contributed by atoms with van der Waals surface area (Å²) in [6, 6.07) is 0.711. The first-order chi connectivity index (χ1) is 14.2. The number of nitrogens with zero attached hydrogens (tertiary/aromatic N) is 5. The molecule has 0 aromatic heterocycles. The first-order valence-electron chi connectivity index (χ1n) is 12.0. The van der Waals surface area contributed by atoms with Crippen molar-refractivity contribution in [2.75, 3.05) is 72.0 Å². The third kappa shape index (κ3) is 6.00. The summed E-state index contributed by atoms with van der Waals surface area (Å²) in [5.41, 5.74) is 0. The van der Waals surface area contributed by atoms with E-state index in [0.717, 1.165) is 77.7 Å². The lowest BCUT2D eigenvalue weighted by molar-refractivity contribution is -0.139. The Morgan fingerprint density at radius 1 is 0.933 bits per heavy atom. The minimum atomic E-state index is 0. The number of piperazine rings is 1. The fourth-order valence-corrected chi connectivity index (χ4v) is 5.17. The van der Waals surface area contributed by atoms with Crippen molar-refractivity contribution in [1.82, 2.24) is 24.9 Å². The Morgan fingerprint density at radius 2 is 1.67 bits per heavy atom. The van der Waals surface area contributed by atoms with Crippen LogP contribution in [0.1, 0.15) is 45.4 Å². The summed E-state index contributed by atoms with van der Waals surface area (Å²) in [7, 11) is 0. The number of guanidine groups is 1. The molecule has 1 atom stereocenters. The Labute approximate surface area is 199 Å². The maximum Gasteiger partial charge on any atom is 0.225 e. The summed E-state index contributed by atoms with van der Waals surface area (Å²) >= 11 is 0. The van der Waals surface area contributed by atoms with E-state index in [1.807, 2.05) is 0 Å². The highest BCUT2D eigenvalue weighted by atomic mass is 127. The lowest BCUT2D eigenvalue weighted by Crippen LogP contribution is -2.51. The molecule has 4 rings (SSSR count). The monoisotopic (exact) mass is 532 g/mol. The van der Waals surface area contributed by atoms with E-state index < -0.39 is 0 Å². The lowest BCUT2D eigenvalue weighted by Gasteiger charge is -2.38. The Morgan fingerprint density at radius 3 is 2.30 bits per heavy atom. The van der Waals surface area contributed by atoms with E-state index in [4.69, 9.17) is 4.99 Å². The van der Waals surface area contributed by atoms with E-state index in [1.54, 1.807) is 0 Å². The molecule has 1 N–H and O–H groups in total. The number of likely N-dealkylation sites (tertiary alicyclic amines) is 2. The standard InChI is InChI=1S/C22H40N6O.HI/c1-2-23-22(28-12-8-20(18-28)26-10-3-4-11-26)24-9-13-25-14-16-27(17-15-25)21(29)19-6-5-7-19;/h19-20H,2-18H2,1H3,(H,23,24);1H. The molecule has 1 saturated carbocycles. The van der Waals surface area contributed by atoms with Crippen molar-refractivity contribution in [2.45, 2.75) is 51.5 Å². The minimum Gasteiger partial charge on any atom is -0.357 e. The molecule has 3 aliphatic heterocycles. The largest absolute Gasteiger partial charge is 0.357 e. The number of amides is 1. The molecule has 0 radical (unpaired) electrons. The van der Waals surface area contributed by atoms with Crippen molar-refractivity contribution in [3.8, 4) is 0 Å². The first kappa shape index (κ1) is 24.0. The van der Waals surface area contributed by atoms with E-state index >= 15 is 0 Å². The second kappa shape index (κ2) is 11.9. The number of aliphatic imine (C=N–C) groups is 1. The van der Waals surface area contributed by atoms with Crippen molar-refractivity contribution < 1.29 is 4.79 Å². The highest BCUT2D eigenvalue weighted by Crippen LogP contribution is 2.28. The molecule has 4 aliphatic rings. The lowest BCUT2D eigenvalue weighted by atomic mass is 9.84. The molecule has 1 aliphatic carbocycles. The number of hydrogen-bond donors (Lipinski definition) is 1. The Hall–Kier alpha value is -0.610. The zero-order valence-electron chi connectivity index (χ0n) is 18.7. The van der Waals surface area contributed by atoms with Gasteiger partial charge in [-0.1, -0.05) is 6.42 Å². The topological polar surface area (TPSA) is 54.4 Å². The summed E-state index contributed by atoms with van der Waals surface area (Å²) in [4.78, 5) is 27.0. The average molecular weight is 533 g/mol. The van der Waals surface area contributed by atoms with E-state index in [0.29, 0.717) is 17.9 Å². The summed E-state index contributed by atoms with van der Waals surface area (Å²) in [6.07, 6.45) is 7.44. The maximum absolute atomic E-state index is 12.4. The van der Waals surface area contributed by atoms with Crippen molar-refractivity contribution in [2.24, 2.45) is 10.9 Å². The summed E-state index contributed by atoms with van der Waals surface area (Å²) in [5, 5.41) is 3.51. The Bertz CT molecular complexity index is 570. The van der Waals surface area contributed by atoms with Gasteiger partial charge in [0.05, 0.1) is 6.54 Å². The van der Waals surface area contributed by atoms with Gasteiger partial charge < -0.3 is 15.1 Å². The number of halogens is 1. The number of carbonyl (C=O) groups is 1. The average Bonchev–Trinajstić information content (AvgIpc) is 3.38. The van der Waals surface area contributed by atoms with Crippen molar-refractivity contribution in [1.29, 1.82) is 0 Å². The van der Waals surface area contributed by atoms with Crippen LogP contribution in [-0.4, -0.2) is 110 Å². The molecule has 7 nitrogen and oxygen atoms in total. The molecule has 3 saturated heterocycles. The molecule has 0 spiro atoms. The second-order valence-corrected chi connectivity index (χ2v) is 9.16. The molecular weight excluding hydrogens is 491 g/mol. The zero-order valence-corrected chi connectivity index (χ0v) is 21.1. The highest BCUT2D eigenvalue weighted by Gasteiger charge is 2.32. The normalized spacial score (nSPS) is 26.6. The van der Waals surface area contributed by atoms with Gasteiger partial charge >= 0.3 is 0 Å². The predicted molar refractivity (Wildman–Crippen MR) is 133 cm³/mol. The van der Waals surface area contributed by atoms with Crippen LogP contribution in [-0.2, 0) is 4.79 Å². The van der Waals surface area contributed by atoms with Crippen LogP contribution in [0.25, 0.3) is 0 Å². The molecule has 172 valence electrons. The Balaban J connectivity index is 0.00000256. The van der Waals surface area contributed by atoms with Gasteiger partial charge in [-0.2, -0.15) is 0 Å². The van der Waals surface area contributed by atoms with Crippen LogP contribution in [0, 0.1) is 5.92 Å². The third-order valence-corrected chi connectivity index (χ3v) is 7.27. The third-order valence-electron chi connectivity index (χ3n) is 7.27. The summed E-state index contributed by atoms with van der Waals surface area (Å²) < 4.78 is 0. The molecule has 30 heavy (non-hydrogen) atoms. The van der Waals surface area contributed by atoms with Gasteiger partial charge in [-0.3, -0.25) is 19.6 Å². The fraction of sp³-hybridized carbons (Fsp3) is 0.909. The minimum absolute atomic E-state index is 0. The molecule has 3 heterocycles. The van der Waals surface area contributed by atoms with E-state index in [1.165, 1.54) is 38.8 Å². The quantitative estimate of drug-likeness (QED) is 0.321. The van der Waals surface area contributed by atoms with Crippen LogP contribution in [0.4, 0.5) is 0 Å². The molecule has 1 amide bonds. The summed E-state index contributed by atoms with van der Waals surface area (Å²) in [5.74, 6) is 1.83. The molecule has 0 bridgehead atoms. The van der Waals surface area contributed by atoms with Gasteiger partial charge in [-0.05, 0) is 52.1 Å². The van der Waals surface area contributed by atoms with E-state index in [9.17, 15) is 4.79 Å². The van der Waals surface area contributed by atoms with E-state index in [2.05, 4.69) is 31.8 Å². The highest BCUT2D eigenvalue weighted by molar-refractivity contribution is 14.0.